The summed E-state index contributed by atoms with van der Waals surface area (Å²) >= 11 is 1.44. The molecule has 1 aromatic heterocycles. The van der Waals surface area contributed by atoms with Gasteiger partial charge in [0, 0.05) is 36.6 Å². The van der Waals surface area contributed by atoms with E-state index in [1.807, 2.05) is 7.05 Å². The third-order valence-electron chi connectivity index (χ3n) is 6.08. The molecule has 0 bridgehead atoms. The molecule has 0 radical (unpaired) electrons. The van der Waals surface area contributed by atoms with Crippen molar-refractivity contribution in [1.82, 2.24) is 9.21 Å². The van der Waals surface area contributed by atoms with Gasteiger partial charge in [-0.05, 0) is 62.1 Å². The van der Waals surface area contributed by atoms with Crippen molar-refractivity contribution in [2.24, 2.45) is 5.92 Å². The van der Waals surface area contributed by atoms with Crippen LogP contribution in [0.4, 0.5) is 5.00 Å². The number of benzene rings is 1. The summed E-state index contributed by atoms with van der Waals surface area (Å²) < 4.78 is 27.3. The lowest BCUT2D eigenvalue weighted by atomic mass is 10.0. The van der Waals surface area contributed by atoms with E-state index in [0.29, 0.717) is 35.1 Å². The first-order valence-corrected chi connectivity index (χ1v) is 12.7. The van der Waals surface area contributed by atoms with Gasteiger partial charge in [-0.3, -0.25) is 4.79 Å². The van der Waals surface area contributed by atoms with Crippen LogP contribution in [0.2, 0.25) is 0 Å². The van der Waals surface area contributed by atoms with Crippen LogP contribution < -0.4 is 5.32 Å². The van der Waals surface area contributed by atoms with Crippen molar-refractivity contribution >= 4 is 32.3 Å². The second kappa shape index (κ2) is 8.71. The number of likely N-dealkylation sites (N-methyl/N-ethyl adjacent to an activating group) is 1. The summed E-state index contributed by atoms with van der Waals surface area (Å²) in [6.45, 7) is 4.85. The zero-order chi connectivity index (χ0) is 22.2. The molecule has 2 aliphatic rings. The first-order valence-electron chi connectivity index (χ1n) is 10.4. The Morgan fingerprint density at radius 3 is 2.52 bits per heavy atom. The molecule has 1 aromatic carbocycles. The fraction of sp³-hybridized carbons (Fsp3) is 0.455. The summed E-state index contributed by atoms with van der Waals surface area (Å²) in [6, 6.07) is 8.27. The van der Waals surface area contributed by atoms with Crippen LogP contribution in [-0.2, 0) is 23.0 Å². The normalized spacial score (nSPS) is 18.4. The SMILES string of the molecule is CC1CCN(S(=O)(=O)c2ccc(C(=O)Nc3sc4c(c3C#N)CCN(C)C4)cc2)CC1. The first kappa shape index (κ1) is 22.0. The van der Waals surface area contributed by atoms with Crippen LogP contribution in [-0.4, -0.2) is 50.2 Å². The fourth-order valence-electron chi connectivity index (χ4n) is 4.07. The van der Waals surface area contributed by atoms with E-state index >= 15 is 0 Å². The molecule has 1 amide bonds. The number of piperidine rings is 1. The van der Waals surface area contributed by atoms with Gasteiger partial charge in [0.1, 0.15) is 11.1 Å². The lowest BCUT2D eigenvalue weighted by molar-refractivity contribution is 0.102. The van der Waals surface area contributed by atoms with Crippen LogP contribution in [0.1, 0.15) is 46.1 Å². The van der Waals surface area contributed by atoms with Crippen LogP contribution in [0.3, 0.4) is 0 Å². The predicted molar refractivity (Wildman–Crippen MR) is 121 cm³/mol. The number of fused-ring (bicyclic) bond motifs is 1. The highest BCUT2D eigenvalue weighted by Crippen LogP contribution is 2.36. The highest BCUT2D eigenvalue weighted by molar-refractivity contribution is 7.89. The zero-order valence-corrected chi connectivity index (χ0v) is 19.4. The van der Waals surface area contributed by atoms with Gasteiger partial charge in [0.05, 0.1) is 10.5 Å². The first-order chi connectivity index (χ1) is 14.8. The number of hydrogen-bond donors (Lipinski definition) is 1. The lowest BCUT2D eigenvalue weighted by Gasteiger charge is -2.29. The van der Waals surface area contributed by atoms with Crippen LogP contribution >= 0.6 is 11.3 Å². The number of sulfonamides is 1. The second-order valence-corrected chi connectivity index (χ2v) is 11.4. The third-order valence-corrected chi connectivity index (χ3v) is 9.13. The summed E-state index contributed by atoms with van der Waals surface area (Å²) in [4.78, 5) is 16.3. The minimum absolute atomic E-state index is 0.200. The van der Waals surface area contributed by atoms with Crippen LogP contribution in [0.15, 0.2) is 29.2 Å². The summed E-state index contributed by atoms with van der Waals surface area (Å²) in [5.74, 6) is 0.193. The number of nitrogens with one attached hydrogen (secondary N) is 1. The lowest BCUT2D eigenvalue weighted by Crippen LogP contribution is -2.37. The largest absolute Gasteiger partial charge is 0.312 e. The summed E-state index contributed by atoms with van der Waals surface area (Å²) in [5, 5.41) is 13.0. The number of anilines is 1. The number of carbonyl (C=O) groups excluding carboxylic acids is 1. The van der Waals surface area contributed by atoms with Crippen LogP contribution in [0, 0.1) is 17.2 Å². The number of nitriles is 1. The fourth-order valence-corrected chi connectivity index (χ4v) is 6.81. The number of rotatable bonds is 4. The average molecular weight is 459 g/mol. The molecular weight excluding hydrogens is 432 g/mol. The maximum absolute atomic E-state index is 12.9. The van der Waals surface area contributed by atoms with E-state index < -0.39 is 10.0 Å². The highest BCUT2D eigenvalue weighted by Gasteiger charge is 2.28. The Morgan fingerprint density at radius 2 is 1.87 bits per heavy atom. The van der Waals surface area contributed by atoms with Crippen LogP contribution in [0.5, 0.6) is 0 Å². The number of thiophene rings is 1. The molecule has 2 aliphatic heterocycles. The summed E-state index contributed by atoms with van der Waals surface area (Å²) in [6.07, 6.45) is 2.52. The second-order valence-electron chi connectivity index (χ2n) is 8.37. The van der Waals surface area contributed by atoms with Gasteiger partial charge in [-0.2, -0.15) is 9.57 Å². The van der Waals surface area contributed by atoms with E-state index in [9.17, 15) is 18.5 Å². The molecule has 0 atom stereocenters. The Hall–Kier alpha value is -2.25. The molecule has 7 nitrogen and oxygen atoms in total. The highest BCUT2D eigenvalue weighted by atomic mass is 32.2. The molecule has 1 N–H and O–H groups in total. The molecule has 31 heavy (non-hydrogen) atoms. The van der Waals surface area contributed by atoms with Crippen molar-refractivity contribution in [2.75, 3.05) is 32.0 Å². The predicted octanol–water partition coefficient (Wildman–Crippen LogP) is 3.28. The third kappa shape index (κ3) is 4.39. The Morgan fingerprint density at radius 1 is 1.19 bits per heavy atom. The van der Waals surface area contributed by atoms with E-state index in [2.05, 4.69) is 23.2 Å². The van der Waals surface area contributed by atoms with Gasteiger partial charge in [0.15, 0.2) is 0 Å². The molecule has 0 unspecified atom stereocenters. The van der Waals surface area contributed by atoms with Crippen molar-refractivity contribution in [3.63, 3.8) is 0 Å². The molecule has 0 aliphatic carbocycles. The Balaban J connectivity index is 1.50. The monoisotopic (exact) mass is 458 g/mol. The van der Waals surface area contributed by atoms with Gasteiger partial charge in [-0.15, -0.1) is 11.3 Å². The van der Waals surface area contributed by atoms with E-state index in [-0.39, 0.29) is 10.8 Å². The van der Waals surface area contributed by atoms with Gasteiger partial charge in [0.25, 0.3) is 5.91 Å². The molecule has 2 aromatic rings. The number of hydrogen-bond acceptors (Lipinski definition) is 6. The number of amides is 1. The molecule has 0 spiro atoms. The van der Waals surface area contributed by atoms with Gasteiger partial charge in [-0.1, -0.05) is 6.92 Å². The molecule has 9 heteroatoms. The maximum Gasteiger partial charge on any atom is 0.256 e. The average Bonchev–Trinajstić information content (AvgIpc) is 3.09. The Labute approximate surface area is 187 Å². The quantitative estimate of drug-likeness (QED) is 0.759. The van der Waals surface area contributed by atoms with Crippen molar-refractivity contribution in [1.29, 1.82) is 5.26 Å². The molecule has 1 saturated heterocycles. The summed E-state index contributed by atoms with van der Waals surface area (Å²) in [7, 11) is -1.51. The minimum Gasteiger partial charge on any atom is -0.312 e. The molecule has 4 rings (SSSR count). The minimum atomic E-state index is -3.55. The molecule has 164 valence electrons. The zero-order valence-electron chi connectivity index (χ0n) is 17.7. The number of nitrogens with zero attached hydrogens (tertiary/aromatic N) is 3. The van der Waals surface area contributed by atoms with Crippen molar-refractivity contribution in [3.05, 3.63) is 45.8 Å². The molecule has 3 heterocycles. The standard InChI is InChI=1S/C22H26N4O3S2/c1-15-7-11-26(12-8-15)31(28,29)17-5-3-16(4-6-17)21(27)24-22-19(13-23)18-9-10-25(2)14-20(18)30-22/h3-6,15H,7-12,14H2,1-2H3,(H,24,27). The van der Waals surface area contributed by atoms with Gasteiger partial charge >= 0.3 is 0 Å². The smallest absolute Gasteiger partial charge is 0.256 e. The maximum atomic E-state index is 12.9. The molecule has 1 fully saturated rings. The number of carbonyl (C=O) groups is 1. The Kier molecular flexibility index (Phi) is 6.17. The van der Waals surface area contributed by atoms with Crippen LogP contribution in [0.25, 0.3) is 0 Å². The molecular formula is C22H26N4O3S2. The van der Waals surface area contributed by atoms with Gasteiger partial charge in [-0.25, -0.2) is 8.42 Å². The van der Waals surface area contributed by atoms with Crippen molar-refractivity contribution in [2.45, 2.75) is 37.6 Å². The molecule has 0 saturated carbocycles. The topological polar surface area (TPSA) is 93.5 Å². The van der Waals surface area contributed by atoms with E-state index in [4.69, 9.17) is 0 Å². The van der Waals surface area contributed by atoms with E-state index in [1.54, 1.807) is 0 Å². The van der Waals surface area contributed by atoms with E-state index in [1.165, 1.54) is 39.9 Å². The summed E-state index contributed by atoms with van der Waals surface area (Å²) in [5.41, 5.74) is 1.93. The van der Waals surface area contributed by atoms with Crippen molar-refractivity contribution in [3.8, 4) is 6.07 Å². The Bertz CT molecular complexity index is 1120. The van der Waals surface area contributed by atoms with Crippen molar-refractivity contribution < 1.29 is 13.2 Å². The van der Waals surface area contributed by atoms with Gasteiger partial charge in [0.2, 0.25) is 10.0 Å². The van der Waals surface area contributed by atoms with E-state index in [0.717, 1.165) is 42.8 Å². The van der Waals surface area contributed by atoms with Gasteiger partial charge < -0.3 is 10.2 Å².